The van der Waals surface area contributed by atoms with Crippen molar-refractivity contribution >= 4 is 22.6 Å². The summed E-state index contributed by atoms with van der Waals surface area (Å²) in [5, 5.41) is 5.15. The van der Waals surface area contributed by atoms with Gasteiger partial charge < -0.3 is 14.5 Å². The fourth-order valence-electron chi connectivity index (χ4n) is 2.26. The first-order valence-corrected chi connectivity index (χ1v) is 7.07. The lowest BCUT2D eigenvalue weighted by molar-refractivity contribution is 0.0423. The van der Waals surface area contributed by atoms with Crippen molar-refractivity contribution in [2.24, 2.45) is 0 Å². The Morgan fingerprint density at radius 1 is 1.32 bits per heavy atom. The molecular weight excluding hydrogens is 262 g/mol. The summed E-state index contributed by atoms with van der Waals surface area (Å²) in [4.78, 5) is 0. The van der Waals surface area contributed by atoms with E-state index in [9.17, 15) is 0 Å². The van der Waals surface area contributed by atoms with E-state index in [1.807, 2.05) is 31.2 Å². The van der Waals surface area contributed by atoms with Crippen LogP contribution in [0.2, 0.25) is 5.02 Å². The van der Waals surface area contributed by atoms with Gasteiger partial charge in [0.05, 0.1) is 12.1 Å². The minimum atomic E-state index is 0.0520. The zero-order valence-electron chi connectivity index (χ0n) is 11.6. The Morgan fingerprint density at radius 2 is 2.11 bits per heavy atom. The van der Waals surface area contributed by atoms with Gasteiger partial charge in [-0.3, -0.25) is 0 Å². The van der Waals surface area contributed by atoms with Crippen molar-refractivity contribution in [2.75, 3.05) is 13.2 Å². The molecule has 0 radical (unpaired) electrons. The number of furan rings is 1. The van der Waals surface area contributed by atoms with Gasteiger partial charge in [0.2, 0.25) is 0 Å². The van der Waals surface area contributed by atoms with Gasteiger partial charge >= 0.3 is 0 Å². The molecule has 19 heavy (non-hydrogen) atoms. The molecular formula is C15H20ClNO2. The van der Waals surface area contributed by atoms with Crippen molar-refractivity contribution in [3.05, 3.63) is 35.0 Å². The average Bonchev–Trinajstić information content (AvgIpc) is 2.78. The van der Waals surface area contributed by atoms with Crippen LogP contribution < -0.4 is 5.32 Å². The number of hydrogen-bond donors (Lipinski definition) is 1. The molecule has 3 nitrogen and oxygen atoms in total. The van der Waals surface area contributed by atoms with Gasteiger partial charge in [-0.05, 0) is 44.7 Å². The SMILES string of the molecule is CCNC(c1cc2cc(Cl)ccc2o1)C(C)OCC. The second-order valence-corrected chi connectivity index (χ2v) is 4.96. The van der Waals surface area contributed by atoms with Gasteiger partial charge in [-0.25, -0.2) is 0 Å². The fourth-order valence-corrected chi connectivity index (χ4v) is 2.45. The normalized spacial score (nSPS) is 14.7. The number of ether oxygens (including phenoxy) is 1. The topological polar surface area (TPSA) is 34.4 Å². The molecule has 104 valence electrons. The second kappa shape index (κ2) is 6.42. The zero-order valence-corrected chi connectivity index (χ0v) is 12.3. The largest absolute Gasteiger partial charge is 0.459 e. The van der Waals surface area contributed by atoms with Gasteiger partial charge in [-0.2, -0.15) is 0 Å². The summed E-state index contributed by atoms with van der Waals surface area (Å²) in [5.41, 5.74) is 0.853. The number of nitrogens with one attached hydrogen (secondary N) is 1. The fraction of sp³-hybridized carbons (Fsp3) is 0.467. The summed E-state index contributed by atoms with van der Waals surface area (Å²) in [6.45, 7) is 7.68. The van der Waals surface area contributed by atoms with E-state index in [0.717, 1.165) is 28.3 Å². The monoisotopic (exact) mass is 281 g/mol. The number of rotatable bonds is 6. The molecule has 2 aromatic rings. The second-order valence-electron chi connectivity index (χ2n) is 4.53. The third kappa shape index (κ3) is 3.30. The number of hydrogen-bond acceptors (Lipinski definition) is 3. The van der Waals surface area contributed by atoms with Crippen LogP contribution in [0.1, 0.15) is 32.6 Å². The highest BCUT2D eigenvalue weighted by Gasteiger charge is 2.22. The number of halogens is 1. The predicted molar refractivity (Wildman–Crippen MR) is 78.7 cm³/mol. The summed E-state index contributed by atoms with van der Waals surface area (Å²) in [7, 11) is 0. The Labute approximate surface area is 118 Å². The highest BCUT2D eigenvalue weighted by Crippen LogP contribution is 2.28. The van der Waals surface area contributed by atoms with Crippen molar-refractivity contribution in [1.29, 1.82) is 0 Å². The molecule has 1 N–H and O–H groups in total. The molecule has 2 rings (SSSR count). The molecule has 0 aliphatic carbocycles. The van der Waals surface area contributed by atoms with Crippen LogP contribution in [0.5, 0.6) is 0 Å². The smallest absolute Gasteiger partial charge is 0.134 e. The Morgan fingerprint density at radius 3 is 2.79 bits per heavy atom. The van der Waals surface area contributed by atoms with Crippen molar-refractivity contribution in [3.8, 4) is 0 Å². The molecule has 4 heteroatoms. The summed E-state index contributed by atoms with van der Waals surface area (Å²) in [5.74, 6) is 0.889. The quantitative estimate of drug-likeness (QED) is 0.863. The van der Waals surface area contributed by atoms with Crippen LogP contribution in [0.25, 0.3) is 11.0 Å². The van der Waals surface area contributed by atoms with Crippen LogP contribution in [0.4, 0.5) is 0 Å². The molecule has 1 aromatic carbocycles. The Balaban J connectivity index is 2.32. The van der Waals surface area contributed by atoms with E-state index in [-0.39, 0.29) is 12.1 Å². The third-order valence-electron chi connectivity index (χ3n) is 3.13. The highest BCUT2D eigenvalue weighted by atomic mass is 35.5. The molecule has 1 heterocycles. The van der Waals surface area contributed by atoms with Crippen molar-refractivity contribution in [2.45, 2.75) is 32.9 Å². The summed E-state index contributed by atoms with van der Waals surface area (Å²) < 4.78 is 11.6. The van der Waals surface area contributed by atoms with E-state index in [0.29, 0.717) is 6.61 Å². The molecule has 0 saturated heterocycles. The van der Waals surface area contributed by atoms with Crippen LogP contribution in [-0.4, -0.2) is 19.3 Å². The van der Waals surface area contributed by atoms with Crippen LogP contribution in [0.15, 0.2) is 28.7 Å². The minimum absolute atomic E-state index is 0.0520. The van der Waals surface area contributed by atoms with Crippen LogP contribution in [-0.2, 0) is 4.74 Å². The van der Waals surface area contributed by atoms with Crippen LogP contribution in [0, 0.1) is 0 Å². The molecule has 0 amide bonds. The molecule has 0 saturated carbocycles. The predicted octanol–water partition coefficient (Wildman–Crippen LogP) is 4.16. The van der Waals surface area contributed by atoms with Crippen molar-refractivity contribution in [1.82, 2.24) is 5.32 Å². The number of benzene rings is 1. The number of fused-ring (bicyclic) bond motifs is 1. The molecule has 1 aromatic heterocycles. The summed E-state index contributed by atoms with van der Waals surface area (Å²) in [6.07, 6.45) is 0.0565. The Kier molecular flexibility index (Phi) is 4.86. The van der Waals surface area contributed by atoms with Gasteiger partial charge in [0.1, 0.15) is 11.3 Å². The van der Waals surface area contributed by atoms with Crippen molar-refractivity contribution in [3.63, 3.8) is 0 Å². The molecule has 2 unspecified atom stereocenters. The molecule has 2 atom stereocenters. The van der Waals surface area contributed by atoms with Crippen LogP contribution in [0.3, 0.4) is 0 Å². The molecule has 0 bridgehead atoms. The first-order chi connectivity index (χ1) is 9.15. The minimum Gasteiger partial charge on any atom is -0.459 e. The van der Waals surface area contributed by atoms with E-state index in [1.165, 1.54) is 0 Å². The van der Waals surface area contributed by atoms with E-state index in [1.54, 1.807) is 0 Å². The van der Waals surface area contributed by atoms with Gasteiger partial charge in [0.15, 0.2) is 0 Å². The van der Waals surface area contributed by atoms with Crippen molar-refractivity contribution < 1.29 is 9.15 Å². The molecule has 0 fully saturated rings. The summed E-state index contributed by atoms with van der Waals surface area (Å²) in [6, 6.07) is 7.74. The zero-order chi connectivity index (χ0) is 13.8. The lowest BCUT2D eigenvalue weighted by Gasteiger charge is -2.22. The van der Waals surface area contributed by atoms with Gasteiger partial charge in [-0.15, -0.1) is 0 Å². The van der Waals surface area contributed by atoms with Gasteiger partial charge in [0, 0.05) is 17.0 Å². The number of likely N-dealkylation sites (N-methyl/N-ethyl adjacent to an activating group) is 1. The lowest BCUT2D eigenvalue weighted by Crippen LogP contribution is -2.31. The first kappa shape index (κ1) is 14.4. The van der Waals surface area contributed by atoms with E-state index >= 15 is 0 Å². The van der Waals surface area contributed by atoms with Gasteiger partial charge in [-0.1, -0.05) is 18.5 Å². The Bertz CT molecular complexity index is 538. The molecule has 0 spiro atoms. The van der Waals surface area contributed by atoms with Crippen LogP contribution >= 0.6 is 11.6 Å². The molecule has 0 aliphatic rings. The van der Waals surface area contributed by atoms with E-state index in [4.69, 9.17) is 20.8 Å². The highest BCUT2D eigenvalue weighted by molar-refractivity contribution is 6.31. The molecule has 0 aliphatic heterocycles. The maximum absolute atomic E-state index is 6.00. The van der Waals surface area contributed by atoms with E-state index < -0.39 is 0 Å². The average molecular weight is 282 g/mol. The third-order valence-corrected chi connectivity index (χ3v) is 3.36. The lowest BCUT2D eigenvalue weighted by atomic mass is 10.1. The maximum Gasteiger partial charge on any atom is 0.134 e. The maximum atomic E-state index is 6.00. The van der Waals surface area contributed by atoms with Gasteiger partial charge in [0.25, 0.3) is 0 Å². The van der Waals surface area contributed by atoms with E-state index in [2.05, 4.69) is 19.2 Å². The summed E-state index contributed by atoms with van der Waals surface area (Å²) >= 11 is 6.00. The Hall–Kier alpha value is -1.03. The first-order valence-electron chi connectivity index (χ1n) is 6.69. The standard InChI is InChI=1S/C15H20ClNO2/c1-4-17-15(10(3)18-5-2)14-9-11-8-12(16)6-7-13(11)19-14/h6-10,15,17H,4-5H2,1-3H3.